The molecule has 0 radical (unpaired) electrons. The molecule has 0 aliphatic carbocycles. The van der Waals surface area contributed by atoms with Crippen molar-refractivity contribution in [2.24, 2.45) is 0 Å². The van der Waals surface area contributed by atoms with Gasteiger partial charge < -0.3 is 11.1 Å². The normalized spacial score (nSPS) is 9.93. The Kier molecular flexibility index (Phi) is 3.61. The van der Waals surface area contributed by atoms with E-state index < -0.39 is 0 Å². The van der Waals surface area contributed by atoms with Crippen LogP contribution in [0.25, 0.3) is 0 Å². The van der Waals surface area contributed by atoms with Gasteiger partial charge in [-0.05, 0) is 19.1 Å². The lowest BCUT2D eigenvalue weighted by atomic mass is 10.2. The molecule has 76 valence electrons. The largest absolute Gasteiger partial charge is 0.396 e. The first-order valence-electron chi connectivity index (χ1n) is 4.09. The minimum Gasteiger partial charge on any atom is -0.396 e. The maximum absolute atomic E-state index is 11.4. The summed E-state index contributed by atoms with van der Waals surface area (Å²) < 4.78 is 0. The second-order valence-electron chi connectivity index (χ2n) is 2.68. The Hall–Kier alpha value is -0.930. The predicted molar refractivity (Wildman–Crippen MR) is 58.9 cm³/mol. The first kappa shape index (κ1) is 11.1. The summed E-state index contributed by atoms with van der Waals surface area (Å²) in [5.41, 5.74) is 6.15. The number of nitrogens with two attached hydrogens (primary N) is 1. The lowest BCUT2D eigenvalue weighted by molar-refractivity contribution is 0.0956. The molecule has 0 heterocycles. The van der Waals surface area contributed by atoms with Gasteiger partial charge in [-0.1, -0.05) is 23.2 Å². The molecule has 0 unspecified atom stereocenters. The van der Waals surface area contributed by atoms with Gasteiger partial charge in [0.25, 0.3) is 5.91 Å². The zero-order valence-electron chi connectivity index (χ0n) is 7.60. The summed E-state index contributed by atoms with van der Waals surface area (Å²) in [6.45, 7) is 2.36. The third-order valence-corrected chi connectivity index (χ3v) is 2.45. The Balaban J connectivity index is 3.11. The first-order chi connectivity index (χ1) is 6.57. The number of carbonyl (C=O) groups is 1. The molecule has 1 amide bonds. The van der Waals surface area contributed by atoms with Gasteiger partial charge in [0, 0.05) is 6.54 Å². The van der Waals surface area contributed by atoms with Crippen LogP contribution in [0.5, 0.6) is 0 Å². The third-order valence-electron chi connectivity index (χ3n) is 1.71. The number of hydrogen-bond acceptors (Lipinski definition) is 2. The highest BCUT2D eigenvalue weighted by Gasteiger charge is 2.13. The van der Waals surface area contributed by atoms with Crippen molar-refractivity contribution < 1.29 is 4.79 Å². The minimum absolute atomic E-state index is 0.198. The summed E-state index contributed by atoms with van der Waals surface area (Å²) in [7, 11) is 0. The number of carbonyl (C=O) groups excluding carboxylic acids is 1. The maximum atomic E-state index is 11.4. The molecule has 0 bridgehead atoms. The van der Waals surface area contributed by atoms with Crippen molar-refractivity contribution in [1.82, 2.24) is 5.32 Å². The molecule has 3 N–H and O–H groups in total. The minimum atomic E-state index is -0.249. The molecular formula is C9H10Cl2N2O. The Morgan fingerprint density at radius 1 is 1.50 bits per heavy atom. The van der Waals surface area contributed by atoms with E-state index >= 15 is 0 Å². The van der Waals surface area contributed by atoms with E-state index in [1.54, 1.807) is 12.1 Å². The molecule has 1 aromatic carbocycles. The van der Waals surface area contributed by atoms with Gasteiger partial charge in [0.1, 0.15) is 0 Å². The van der Waals surface area contributed by atoms with Gasteiger partial charge in [0.2, 0.25) is 0 Å². The number of amides is 1. The predicted octanol–water partition coefficient (Wildman–Crippen LogP) is 2.33. The zero-order valence-corrected chi connectivity index (χ0v) is 9.12. The standard InChI is InChI=1S/C9H10Cl2N2O/c1-2-13-9(14)5-3-4-6(10)8(12)7(5)11/h3-4H,2,12H2,1H3,(H,13,14). The number of nitrogen functional groups attached to an aromatic ring is 1. The molecule has 1 aromatic rings. The second kappa shape index (κ2) is 4.53. The smallest absolute Gasteiger partial charge is 0.252 e. The van der Waals surface area contributed by atoms with Crippen molar-refractivity contribution in [2.75, 3.05) is 12.3 Å². The fourth-order valence-corrected chi connectivity index (χ4v) is 1.46. The van der Waals surface area contributed by atoms with Crippen LogP contribution in [0, 0.1) is 0 Å². The molecule has 0 fully saturated rings. The van der Waals surface area contributed by atoms with E-state index in [0.29, 0.717) is 17.1 Å². The van der Waals surface area contributed by atoms with Gasteiger partial charge in [0.05, 0.1) is 21.3 Å². The van der Waals surface area contributed by atoms with Crippen molar-refractivity contribution in [1.29, 1.82) is 0 Å². The van der Waals surface area contributed by atoms with Crippen LogP contribution >= 0.6 is 23.2 Å². The van der Waals surface area contributed by atoms with Crippen LogP contribution in [0.4, 0.5) is 5.69 Å². The number of halogens is 2. The number of anilines is 1. The van der Waals surface area contributed by atoms with E-state index in [1.165, 1.54) is 0 Å². The second-order valence-corrected chi connectivity index (χ2v) is 3.47. The lowest BCUT2D eigenvalue weighted by Gasteiger charge is -2.07. The van der Waals surface area contributed by atoms with Gasteiger partial charge in [-0.3, -0.25) is 4.79 Å². The SMILES string of the molecule is CCNC(=O)c1ccc(Cl)c(N)c1Cl. The first-order valence-corrected chi connectivity index (χ1v) is 4.85. The van der Waals surface area contributed by atoms with E-state index in [1.807, 2.05) is 6.92 Å². The van der Waals surface area contributed by atoms with Crippen molar-refractivity contribution in [3.8, 4) is 0 Å². The Morgan fingerprint density at radius 2 is 2.14 bits per heavy atom. The highest BCUT2D eigenvalue weighted by Crippen LogP contribution is 2.30. The summed E-state index contributed by atoms with van der Waals surface area (Å²) in [6, 6.07) is 3.10. The third kappa shape index (κ3) is 2.11. The molecule has 0 aromatic heterocycles. The van der Waals surface area contributed by atoms with Crippen molar-refractivity contribution in [3.63, 3.8) is 0 Å². The quantitative estimate of drug-likeness (QED) is 0.770. The Bertz CT molecular complexity index is 366. The number of hydrogen-bond donors (Lipinski definition) is 2. The van der Waals surface area contributed by atoms with Crippen molar-refractivity contribution in [2.45, 2.75) is 6.92 Å². The van der Waals surface area contributed by atoms with E-state index in [4.69, 9.17) is 28.9 Å². The van der Waals surface area contributed by atoms with Crippen molar-refractivity contribution in [3.05, 3.63) is 27.7 Å². The van der Waals surface area contributed by atoms with E-state index in [9.17, 15) is 4.79 Å². The highest BCUT2D eigenvalue weighted by atomic mass is 35.5. The lowest BCUT2D eigenvalue weighted by Crippen LogP contribution is -2.23. The molecule has 0 aliphatic rings. The fourth-order valence-electron chi connectivity index (χ4n) is 1.00. The summed E-state index contributed by atoms with van der Waals surface area (Å²) in [4.78, 5) is 11.4. The van der Waals surface area contributed by atoms with Crippen LogP contribution in [0.1, 0.15) is 17.3 Å². The van der Waals surface area contributed by atoms with Crippen LogP contribution < -0.4 is 11.1 Å². The van der Waals surface area contributed by atoms with Crippen LogP contribution in [-0.2, 0) is 0 Å². The van der Waals surface area contributed by atoms with Gasteiger partial charge in [-0.25, -0.2) is 0 Å². The number of rotatable bonds is 2. The number of nitrogens with one attached hydrogen (secondary N) is 1. The average Bonchev–Trinajstić information content (AvgIpc) is 2.15. The van der Waals surface area contributed by atoms with Crippen LogP contribution in [-0.4, -0.2) is 12.5 Å². The number of benzene rings is 1. The Labute approximate surface area is 92.2 Å². The molecule has 5 heteroatoms. The van der Waals surface area contributed by atoms with Gasteiger partial charge in [-0.2, -0.15) is 0 Å². The van der Waals surface area contributed by atoms with Gasteiger partial charge in [-0.15, -0.1) is 0 Å². The molecule has 0 aliphatic heterocycles. The average molecular weight is 233 g/mol. The monoisotopic (exact) mass is 232 g/mol. The van der Waals surface area contributed by atoms with Crippen LogP contribution in [0.2, 0.25) is 10.0 Å². The molecule has 0 atom stereocenters. The summed E-state index contributed by atoms with van der Waals surface area (Å²) in [5, 5.41) is 3.17. The summed E-state index contributed by atoms with van der Waals surface area (Å²) in [6.07, 6.45) is 0. The molecule has 1 rings (SSSR count). The van der Waals surface area contributed by atoms with Crippen LogP contribution in [0.3, 0.4) is 0 Å². The summed E-state index contributed by atoms with van der Waals surface area (Å²) >= 11 is 11.6. The Morgan fingerprint density at radius 3 is 2.71 bits per heavy atom. The highest BCUT2D eigenvalue weighted by molar-refractivity contribution is 6.40. The van der Waals surface area contributed by atoms with Gasteiger partial charge in [0.15, 0.2) is 0 Å². The van der Waals surface area contributed by atoms with E-state index in [0.717, 1.165) is 0 Å². The van der Waals surface area contributed by atoms with Gasteiger partial charge >= 0.3 is 0 Å². The summed E-state index contributed by atoms with van der Waals surface area (Å²) in [5.74, 6) is -0.249. The molecular weight excluding hydrogens is 223 g/mol. The molecule has 3 nitrogen and oxygen atoms in total. The van der Waals surface area contributed by atoms with E-state index in [-0.39, 0.29) is 16.6 Å². The maximum Gasteiger partial charge on any atom is 0.252 e. The molecule has 0 saturated heterocycles. The van der Waals surface area contributed by atoms with Crippen LogP contribution in [0.15, 0.2) is 12.1 Å². The molecule has 0 saturated carbocycles. The molecule has 14 heavy (non-hydrogen) atoms. The van der Waals surface area contributed by atoms with Crippen molar-refractivity contribution >= 4 is 34.8 Å². The molecule has 0 spiro atoms. The topological polar surface area (TPSA) is 55.1 Å². The zero-order chi connectivity index (χ0) is 10.7. The van der Waals surface area contributed by atoms with E-state index in [2.05, 4.69) is 5.32 Å². The fraction of sp³-hybridized carbons (Fsp3) is 0.222.